The van der Waals surface area contributed by atoms with Crippen LogP contribution in [-0.2, 0) is 6.54 Å². The second kappa shape index (κ2) is 7.10. The summed E-state index contributed by atoms with van der Waals surface area (Å²) in [6, 6.07) is 14.1. The van der Waals surface area contributed by atoms with Crippen molar-refractivity contribution in [3.8, 4) is 11.4 Å². The van der Waals surface area contributed by atoms with Gasteiger partial charge in [0.1, 0.15) is 6.33 Å². The standard InChI is InChI=1S/C23H25N5O/c1-17(18-7-3-2-4-8-18)28-22-26-20(19-9-13-24-16-25-19)15-21(29)27(22)14-12-23(28)10-5-6-11-23/h2-4,7-9,13,15-17H,5-6,10-12,14H2,1H3. The molecule has 1 aliphatic heterocycles. The average molecular weight is 387 g/mol. The Morgan fingerprint density at radius 1 is 1.03 bits per heavy atom. The monoisotopic (exact) mass is 387 g/mol. The summed E-state index contributed by atoms with van der Waals surface area (Å²) in [7, 11) is 0. The molecule has 29 heavy (non-hydrogen) atoms. The minimum absolute atomic E-state index is 0.0123. The number of aromatic nitrogens is 4. The molecule has 1 aromatic carbocycles. The summed E-state index contributed by atoms with van der Waals surface area (Å²) in [6.45, 7) is 2.96. The lowest BCUT2D eigenvalue weighted by Gasteiger charge is -2.49. The fourth-order valence-corrected chi connectivity index (χ4v) is 5.10. The first-order chi connectivity index (χ1) is 14.2. The van der Waals surface area contributed by atoms with Crippen LogP contribution >= 0.6 is 0 Å². The summed E-state index contributed by atoms with van der Waals surface area (Å²) < 4.78 is 1.84. The molecule has 2 aromatic heterocycles. The van der Waals surface area contributed by atoms with Crippen LogP contribution in [0.1, 0.15) is 50.6 Å². The summed E-state index contributed by atoms with van der Waals surface area (Å²) in [5.41, 5.74) is 2.59. The molecule has 1 unspecified atom stereocenters. The summed E-state index contributed by atoms with van der Waals surface area (Å²) >= 11 is 0. The molecular formula is C23H25N5O. The highest BCUT2D eigenvalue weighted by atomic mass is 16.1. The van der Waals surface area contributed by atoms with Gasteiger partial charge in [-0.3, -0.25) is 9.36 Å². The highest BCUT2D eigenvalue weighted by Gasteiger charge is 2.46. The maximum atomic E-state index is 13.0. The third-order valence-electron chi connectivity index (χ3n) is 6.56. The van der Waals surface area contributed by atoms with Crippen LogP contribution in [0.15, 0.2) is 59.8 Å². The topological polar surface area (TPSA) is 63.9 Å². The van der Waals surface area contributed by atoms with E-state index in [1.807, 2.05) is 10.6 Å². The lowest BCUT2D eigenvalue weighted by Crippen LogP contribution is -2.54. The maximum Gasteiger partial charge on any atom is 0.255 e. The molecule has 0 radical (unpaired) electrons. The summed E-state index contributed by atoms with van der Waals surface area (Å²) in [6.07, 6.45) is 8.93. The van der Waals surface area contributed by atoms with Gasteiger partial charge in [-0.05, 0) is 37.8 Å². The molecule has 0 amide bonds. The smallest absolute Gasteiger partial charge is 0.255 e. The Morgan fingerprint density at radius 2 is 1.83 bits per heavy atom. The van der Waals surface area contributed by atoms with E-state index in [9.17, 15) is 4.79 Å². The van der Waals surface area contributed by atoms with Crippen LogP contribution in [0.25, 0.3) is 11.4 Å². The van der Waals surface area contributed by atoms with Crippen molar-refractivity contribution in [2.75, 3.05) is 4.90 Å². The van der Waals surface area contributed by atoms with Gasteiger partial charge in [0.15, 0.2) is 0 Å². The van der Waals surface area contributed by atoms with Crippen LogP contribution in [0.5, 0.6) is 0 Å². The number of fused-ring (bicyclic) bond motifs is 1. The summed E-state index contributed by atoms with van der Waals surface area (Å²) in [4.78, 5) is 28.7. The molecule has 0 N–H and O–H groups in total. The normalized spacial score (nSPS) is 18.6. The van der Waals surface area contributed by atoms with E-state index < -0.39 is 0 Å². The van der Waals surface area contributed by atoms with E-state index in [4.69, 9.17) is 4.98 Å². The lowest BCUT2D eigenvalue weighted by molar-refractivity contribution is 0.283. The van der Waals surface area contributed by atoms with E-state index in [0.717, 1.165) is 31.8 Å². The Labute approximate surface area is 170 Å². The Balaban J connectivity index is 1.69. The molecule has 1 atom stereocenters. The van der Waals surface area contributed by atoms with Crippen LogP contribution in [0.4, 0.5) is 5.95 Å². The summed E-state index contributed by atoms with van der Waals surface area (Å²) in [5, 5.41) is 0. The minimum Gasteiger partial charge on any atom is -0.330 e. The van der Waals surface area contributed by atoms with Crippen molar-refractivity contribution in [3.05, 3.63) is 70.9 Å². The zero-order valence-corrected chi connectivity index (χ0v) is 16.7. The molecule has 0 saturated heterocycles. The van der Waals surface area contributed by atoms with Crippen LogP contribution < -0.4 is 10.5 Å². The molecule has 3 heterocycles. The van der Waals surface area contributed by atoms with E-state index in [2.05, 4.69) is 46.1 Å². The van der Waals surface area contributed by atoms with E-state index in [1.165, 1.54) is 24.7 Å². The minimum atomic E-state index is -0.0123. The van der Waals surface area contributed by atoms with Crippen molar-refractivity contribution < 1.29 is 0 Å². The number of anilines is 1. The van der Waals surface area contributed by atoms with E-state index in [-0.39, 0.29) is 17.1 Å². The van der Waals surface area contributed by atoms with Crippen LogP contribution in [0.2, 0.25) is 0 Å². The number of rotatable bonds is 3. The Hall–Kier alpha value is -3.02. The Kier molecular flexibility index (Phi) is 4.42. The maximum absolute atomic E-state index is 13.0. The molecule has 6 nitrogen and oxygen atoms in total. The van der Waals surface area contributed by atoms with Crippen molar-refractivity contribution in [3.63, 3.8) is 0 Å². The van der Waals surface area contributed by atoms with Crippen molar-refractivity contribution >= 4 is 5.95 Å². The molecule has 1 fully saturated rings. The van der Waals surface area contributed by atoms with Gasteiger partial charge < -0.3 is 4.90 Å². The Morgan fingerprint density at radius 3 is 2.55 bits per heavy atom. The van der Waals surface area contributed by atoms with Gasteiger partial charge in [0.05, 0.1) is 17.4 Å². The third kappa shape index (κ3) is 3.03. The van der Waals surface area contributed by atoms with Crippen molar-refractivity contribution in [1.82, 2.24) is 19.5 Å². The van der Waals surface area contributed by atoms with Crippen molar-refractivity contribution in [1.29, 1.82) is 0 Å². The zero-order valence-electron chi connectivity index (χ0n) is 16.7. The zero-order chi connectivity index (χ0) is 19.8. The number of benzene rings is 1. The first-order valence-electron chi connectivity index (χ1n) is 10.4. The predicted molar refractivity (Wildman–Crippen MR) is 113 cm³/mol. The van der Waals surface area contributed by atoms with Crippen LogP contribution in [-0.4, -0.2) is 25.1 Å². The second-order valence-corrected chi connectivity index (χ2v) is 8.16. The van der Waals surface area contributed by atoms with E-state index >= 15 is 0 Å². The first-order valence-corrected chi connectivity index (χ1v) is 10.4. The van der Waals surface area contributed by atoms with Gasteiger partial charge in [-0.1, -0.05) is 43.2 Å². The van der Waals surface area contributed by atoms with Gasteiger partial charge in [-0.25, -0.2) is 15.0 Å². The molecule has 0 bridgehead atoms. The molecule has 1 aliphatic carbocycles. The van der Waals surface area contributed by atoms with Gasteiger partial charge in [0, 0.05) is 24.3 Å². The molecule has 1 saturated carbocycles. The number of nitrogens with zero attached hydrogens (tertiary/aromatic N) is 5. The highest BCUT2D eigenvalue weighted by molar-refractivity contribution is 5.56. The van der Waals surface area contributed by atoms with Crippen molar-refractivity contribution in [2.24, 2.45) is 0 Å². The molecule has 5 rings (SSSR count). The fourth-order valence-electron chi connectivity index (χ4n) is 5.10. The second-order valence-electron chi connectivity index (χ2n) is 8.16. The quantitative estimate of drug-likeness (QED) is 0.680. The Bertz CT molecular complexity index is 1060. The third-order valence-corrected chi connectivity index (χ3v) is 6.56. The SMILES string of the molecule is CC(c1ccccc1)N1c2nc(-c3ccncn3)cc(=O)n2CCC12CCCC2. The molecular weight excluding hydrogens is 362 g/mol. The molecule has 3 aromatic rings. The highest BCUT2D eigenvalue weighted by Crippen LogP contribution is 2.47. The first kappa shape index (κ1) is 18.0. The van der Waals surface area contributed by atoms with Crippen LogP contribution in [0.3, 0.4) is 0 Å². The summed E-state index contributed by atoms with van der Waals surface area (Å²) in [5.74, 6) is 0.774. The van der Waals surface area contributed by atoms with Gasteiger partial charge in [0.25, 0.3) is 5.56 Å². The molecule has 6 heteroatoms. The molecule has 148 valence electrons. The fraction of sp³-hybridized carbons (Fsp3) is 0.391. The number of hydrogen-bond acceptors (Lipinski definition) is 5. The van der Waals surface area contributed by atoms with Gasteiger partial charge in [0.2, 0.25) is 5.95 Å². The number of hydrogen-bond donors (Lipinski definition) is 0. The molecule has 2 aliphatic rings. The lowest BCUT2D eigenvalue weighted by atomic mass is 9.86. The van der Waals surface area contributed by atoms with Crippen LogP contribution in [0, 0.1) is 0 Å². The largest absolute Gasteiger partial charge is 0.330 e. The average Bonchev–Trinajstić information content (AvgIpc) is 3.23. The van der Waals surface area contributed by atoms with Gasteiger partial charge in [-0.2, -0.15) is 0 Å². The predicted octanol–water partition coefficient (Wildman–Crippen LogP) is 3.98. The van der Waals surface area contributed by atoms with Gasteiger partial charge >= 0.3 is 0 Å². The van der Waals surface area contributed by atoms with E-state index in [0.29, 0.717) is 11.4 Å². The van der Waals surface area contributed by atoms with E-state index in [1.54, 1.807) is 18.3 Å². The van der Waals surface area contributed by atoms with Gasteiger partial charge in [-0.15, -0.1) is 0 Å². The molecule has 1 spiro atoms. The van der Waals surface area contributed by atoms with Crippen molar-refractivity contribution in [2.45, 2.75) is 57.2 Å².